The van der Waals surface area contributed by atoms with Crippen molar-refractivity contribution in [3.63, 3.8) is 0 Å². The highest BCUT2D eigenvalue weighted by Gasteiger charge is 2.28. The number of rotatable bonds is 7. The lowest BCUT2D eigenvalue weighted by Gasteiger charge is -2.23. The van der Waals surface area contributed by atoms with Gasteiger partial charge in [-0.15, -0.1) is 0 Å². The molecule has 1 aromatic heterocycles. The van der Waals surface area contributed by atoms with E-state index in [0.717, 1.165) is 0 Å². The van der Waals surface area contributed by atoms with Gasteiger partial charge in [-0.2, -0.15) is 0 Å². The maximum Gasteiger partial charge on any atom is 0.240 e. The monoisotopic (exact) mass is 343 g/mol. The molecule has 22 heavy (non-hydrogen) atoms. The number of benzene rings is 1. The van der Waals surface area contributed by atoms with E-state index < -0.39 is 16.1 Å². The highest BCUT2D eigenvalue weighted by atomic mass is 35.5. The topological polar surface area (TPSA) is 79.5 Å². The van der Waals surface area contributed by atoms with E-state index in [2.05, 4.69) is 4.72 Å². The number of halogens is 1. The maximum absolute atomic E-state index is 12.4. The summed E-state index contributed by atoms with van der Waals surface area (Å²) >= 11 is 5.77. The lowest BCUT2D eigenvalue weighted by molar-refractivity contribution is 0.227. The molecule has 0 fully saturated rings. The van der Waals surface area contributed by atoms with Crippen molar-refractivity contribution in [2.24, 2.45) is 0 Å². The fourth-order valence-corrected chi connectivity index (χ4v) is 3.71. The Kier molecular flexibility index (Phi) is 5.63. The van der Waals surface area contributed by atoms with Crippen LogP contribution in [0.15, 0.2) is 52.0 Å². The van der Waals surface area contributed by atoms with Crippen molar-refractivity contribution >= 4 is 21.6 Å². The second kappa shape index (κ2) is 7.28. The zero-order chi connectivity index (χ0) is 16.2. The molecule has 2 atom stereocenters. The number of hydrogen-bond acceptors (Lipinski definition) is 4. The van der Waals surface area contributed by atoms with Gasteiger partial charge < -0.3 is 9.52 Å². The van der Waals surface area contributed by atoms with E-state index in [1.165, 1.54) is 30.5 Å². The first-order chi connectivity index (χ1) is 10.5. The van der Waals surface area contributed by atoms with Crippen LogP contribution in [0.2, 0.25) is 5.02 Å². The van der Waals surface area contributed by atoms with Gasteiger partial charge in [0, 0.05) is 10.9 Å². The fraction of sp³-hybridized carbons (Fsp3) is 0.333. The average Bonchev–Trinajstić information content (AvgIpc) is 3.01. The fourth-order valence-electron chi connectivity index (χ4n) is 2.31. The number of nitrogens with one attached hydrogen (secondary N) is 1. The first-order valence-corrected chi connectivity index (χ1v) is 8.76. The van der Waals surface area contributed by atoms with Crippen molar-refractivity contribution < 1.29 is 17.9 Å². The van der Waals surface area contributed by atoms with Crippen LogP contribution in [0.4, 0.5) is 0 Å². The summed E-state index contributed by atoms with van der Waals surface area (Å²) in [7, 11) is -3.74. The zero-order valence-corrected chi connectivity index (χ0v) is 13.6. The normalized spacial score (nSPS) is 14.7. The molecule has 0 bridgehead atoms. The van der Waals surface area contributed by atoms with Gasteiger partial charge in [-0.1, -0.05) is 18.5 Å². The molecule has 7 heteroatoms. The summed E-state index contributed by atoms with van der Waals surface area (Å²) in [4.78, 5) is 0.102. The Morgan fingerprint density at radius 2 is 1.95 bits per heavy atom. The first kappa shape index (κ1) is 17.0. The largest absolute Gasteiger partial charge is 0.469 e. The highest BCUT2D eigenvalue weighted by molar-refractivity contribution is 7.89. The van der Waals surface area contributed by atoms with Gasteiger partial charge in [-0.25, -0.2) is 13.1 Å². The van der Waals surface area contributed by atoms with Crippen molar-refractivity contribution in [3.05, 3.63) is 53.4 Å². The molecular weight excluding hydrogens is 326 g/mol. The van der Waals surface area contributed by atoms with E-state index >= 15 is 0 Å². The van der Waals surface area contributed by atoms with Crippen LogP contribution in [0.5, 0.6) is 0 Å². The number of aliphatic hydroxyl groups excluding tert-OH is 1. The summed E-state index contributed by atoms with van der Waals surface area (Å²) in [6, 6.07) is 8.70. The van der Waals surface area contributed by atoms with Crippen LogP contribution in [0.3, 0.4) is 0 Å². The molecule has 0 amide bonds. The van der Waals surface area contributed by atoms with Crippen LogP contribution in [0.1, 0.15) is 25.0 Å². The smallest absolute Gasteiger partial charge is 0.240 e. The predicted octanol–water partition coefficient (Wildman–Crippen LogP) is 2.77. The van der Waals surface area contributed by atoms with Gasteiger partial charge in [-0.3, -0.25) is 0 Å². The highest BCUT2D eigenvalue weighted by Crippen LogP contribution is 2.25. The van der Waals surface area contributed by atoms with Crippen LogP contribution < -0.4 is 4.72 Å². The van der Waals surface area contributed by atoms with Crippen LogP contribution in [0.25, 0.3) is 0 Å². The van der Waals surface area contributed by atoms with E-state index in [-0.39, 0.29) is 17.4 Å². The second-order valence-electron chi connectivity index (χ2n) is 4.89. The van der Waals surface area contributed by atoms with Gasteiger partial charge in [0.25, 0.3) is 0 Å². The van der Waals surface area contributed by atoms with Gasteiger partial charge in [0.05, 0.1) is 23.8 Å². The van der Waals surface area contributed by atoms with Gasteiger partial charge in [0.15, 0.2) is 0 Å². The quantitative estimate of drug-likeness (QED) is 0.810. The van der Waals surface area contributed by atoms with Crippen molar-refractivity contribution in [1.29, 1.82) is 0 Å². The van der Waals surface area contributed by atoms with Crippen molar-refractivity contribution in [2.45, 2.75) is 30.2 Å². The number of hydrogen-bond donors (Lipinski definition) is 2. The van der Waals surface area contributed by atoms with Gasteiger partial charge in [0.2, 0.25) is 10.0 Å². The Morgan fingerprint density at radius 1 is 1.27 bits per heavy atom. The van der Waals surface area contributed by atoms with Gasteiger partial charge in [-0.05, 0) is 42.8 Å². The third-order valence-corrected chi connectivity index (χ3v) is 5.22. The van der Waals surface area contributed by atoms with E-state index in [1.54, 1.807) is 12.1 Å². The second-order valence-corrected chi connectivity index (χ2v) is 7.04. The van der Waals surface area contributed by atoms with Crippen molar-refractivity contribution in [1.82, 2.24) is 4.72 Å². The van der Waals surface area contributed by atoms with E-state index in [0.29, 0.717) is 17.2 Å². The molecule has 0 spiro atoms. The van der Waals surface area contributed by atoms with Crippen LogP contribution in [-0.2, 0) is 10.0 Å². The number of furan rings is 1. The third kappa shape index (κ3) is 3.89. The Hall–Kier alpha value is -1.34. The summed E-state index contributed by atoms with van der Waals surface area (Å²) in [5.41, 5.74) is 0. The first-order valence-electron chi connectivity index (χ1n) is 6.90. The Morgan fingerprint density at radius 3 is 2.45 bits per heavy atom. The Balaban J connectivity index is 2.23. The van der Waals surface area contributed by atoms with E-state index in [4.69, 9.17) is 16.0 Å². The minimum absolute atomic E-state index is 0.102. The van der Waals surface area contributed by atoms with Gasteiger partial charge >= 0.3 is 0 Å². The SMILES string of the molecule is CC[C@@H](c1ccco1)C(CO)NS(=O)(=O)c1ccc(Cl)cc1. The third-order valence-electron chi connectivity index (χ3n) is 3.46. The summed E-state index contributed by atoms with van der Waals surface area (Å²) in [6.45, 7) is 1.58. The molecule has 120 valence electrons. The molecule has 2 rings (SSSR count). The molecule has 0 saturated carbocycles. The number of sulfonamides is 1. The summed E-state index contributed by atoms with van der Waals surface area (Å²) < 4.78 is 32.7. The lowest BCUT2D eigenvalue weighted by atomic mass is 9.95. The van der Waals surface area contributed by atoms with Crippen LogP contribution in [-0.4, -0.2) is 26.2 Å². The molecule has 0 aliphatic carbocycles. The molecule has 1 unspecified atom stereocenters. The summed E-state index contributed by atoms with van der Waals surface area (Å²) in [6.07, 6.45) is 2.15. The number of aliphatic hydroxyl groups is 1. The molecule has 0 radical (unpaired) electrons. The Labute approximate surface area is 135 Å². The molecule has 5 nitrogen and oxygen atoms in total. The summed E-state index contributed by atoms with van der Waals surface area (Å²) in [5, 5.41) is 10.0. The summed E-state index contributed by atoms with van der Waals surface area (Å²) in [5.74, 6) is 0.391. The minimum atomic E-state index is -3.74. The minimum Gasteiger partial charge on any atom is -0.469 e. The van der Waals surface area contributed by atoms with Crippen molar-refractivity contribution in [2.75, 3.05) is 6.61 Å². The zero-order valence-electron chi connectivity index (χ0n) is 12.1. The van der Waals surface area contributed by atoms with E-state index in [9.17, 15) is 13.5 Å². The molecule has 1 heterocycles. The lowest BCUT2D eigenvalue weighted by Crippen LogP contribution is -2.41. The van der Waals surface area contributed by atoms with E-state index in [1.807, 2.05) is 6.92 Å². The molecule has 2 aromatic rings. The van der Waals surface area contributed by atoms with Crippen LogP contribution in [0, 0.1) is 0 Å². The van der Waals surface area contributed by atoms with Gasteiger partial charge in [0.1, 0.15) is 5.76 Å². The van der Waals surface area contributed by atoms with Crippen molar-refractivity contribution in [3.8, 4) is 0 Å². The predicted molar refractivity (Wildman–Crippen MR) is 84.4 cm³/mol. The van der Waals surface area contributed by atoms with Crippen LogP contribution >= 0.6 is 11.6 Å². The molecule has 0 saturated heterocycles. The Bertz CT molecular complexity index is 683. The molecule has 1 aromatic carbocycles. The average molecular weight is 344 g/mol. The molecule has 0 aliphatic heterocycles. The molecular formula is C15H18ClNO4S. The maximum atomic E-state index is 12.4. The molecule has 0 aliphatic rings. The molecule has 2 N–H and O–H groups in total. The standard InChI is InChI=1S/C15H18ClNO4S/c1-2-13(15-4-3-9-21-15)14(10-18)17-22(19,20)12-7-5-11(16)6-8-12/h3-9,13-14,17-18H,2,10H2,1H3/t13-,14?/m1/s1.